The van der Waals surface area contributed by atoms with Crippen molar-refractivity contribution < 1.29 is 14.0 Å². The summed E-state index contributed by atoms with van der Waals surface area (Å²) in [7, 11) is 0. The van der Waals surface area contributed by atoms with Crippen LogP contribution < -0.4 is 10.6 Å². The van der Waals surface area contributed by atoms with E-state index in [0.717, 1.165) is 81.5 Å². The van der Waals surface area contributed by atoms with Crippen molar-refractivity contribution in [2.45, 2.75) is 77.2 Å². The van der Waals surface area contributed by atoms with E-state index in [-0.39, 0.29) is 29.1 Å². The molecule has 2 atom stereocenters. The molecule has 2 heterocycles. The molecule has 2 aliphatic rings. The second-order valence-corrected chi connectivity index (χ2v) is 10.0. The van der Waals surface area contributed by atoms with E-state index in [1.54, 1.807) is 18.3 Å². The summed E-state index contributed by atoms with van der Waals surface area (Å²) < 4.78 is 13.3. The van der Waals surface area contributed by atoms with Crippen LogP contribution in [0.25, 0.3) is 11.3 Å². The van der Waals surface area contributed by atoms with Crippen LogP contribution >= 0.6 is 0 Å². The quantitative estimate of drug-likeness (QED) is 0.379. The van der Waals surface area contributed by atoms with E-state index in [1.165, 1.54) is 12.1 Å². The molecule has 2 fully saturated rings. The molecule has 1 aromatic heterocycles. The van der Waals surface area contributed by atoms with Crippen molar-refractivity contribution in [1.29, 1.82) is 0 Å². The average molecular weight is 469 g/mol. The van der Waals surface area contributed by atoms with Crippen LogP contribution in [0.4, 0.5) is 4.39 Å². The summed E-state index contributed by atoms with van der Waals surface area (Å²) in [6, 6.07) is 6.10. The number of ketones is 1. The number of carbonyl (C=O) groups is 2. The minimum Gasteiger partial charge on any atom is -0.346 e. The lowest BCUT2D eigenvalue weighted by atomic mass is 9.91. The smallest absolute Gasteiger partial charge is 0.224 e. The predicted octanol–water partition coefficient (Wildman–Crippen LogP) is 5.08. The Morgan fingerprint density at radius 1 is 1.15 bits per heavy atom. The van der Waals surface area contributed by atoms with E-state index in [0.29, 0.717) is 18.6 Å². The number of H-pyrrole nitrogens is 1. The van der Waals surface area contributed by atoms with Gasteiger partial charge in [0.05, 0.1) is 17.9 Å². The van der Waals surface area contributed by atoms with Crippen molar-refractivity contribution in [3.8, 4) is 11.3 Å². The molecule has 34 heavy (non-hydrogen) atoms. The van der Waals surface area contributed by atoms with Crippen LogP contribution in [0.5, 0.6) is 0 Å². The first kappa shape index (κ1) is 24.6. The van der Waals surface area contributed by atoms with Gasteiger partial charge in [0.1, 0.15) is 17.4 Å². The molecule has 0 unspecified atom stereocenters. The lowest BCUT2D eigenvalue weighted by Gasteiger charge is -2.24. The Balaban J connectivity index is 1.38. The first-order valence-corrected chi connectivity index (χ1v) is 12.8. The molecule has 1 amide bonds. The molecule has 3 N–H and O–H groups in total. The van der Waals surface area contributed by atoms with Gasteiger partial charge in [-0.05, 0) is 86.9 Å². The number of piperidine rings is 1. The number of halogens is 1. The maximum atomic E-state index is 13.3. The van der Waals surface area contributed by atoms with Crippen LogP contribution in [0, 0.1) is 17.2 Å². The summed E-state index contributed by atoms with van der Waals surface area (Å²) in [5.74, 6) is 1.01. The molecule has 0 radical (unpaired) electrons. The van der Waals surface area contributed by atoms with Crippen LogP contribution in [-0.4, -0.2) is 34.7 Å². The van der Waals surface area contributed by atoms with Crippen molar-refractivity contribution in [3.63, 3.8) is 0 Å². The van der Waals surface area contributed by atoms with Gasteiger partial charge in [-0.3, -0.25) is 9.59 Å². The molecule has 184 valence electrons. The molecule has 6 nitrogen and oxygen atoms in total. The number of carbonyl (C=O) groups excluding carboxylic acids is 2. The van der Waals surface area contributed by atoms with Gasteiger partial charge in [-0.25, -0.2) is 9.37 Å². The van der Waals surface area contributed by atoms with Crippen LogP contribution in [-0.2, 0) is 9.59 Å². The Morgan fingerprint density at radius 2 is 1.91 bits per heavy atom. The van der Waals surface area contributed by atoms with Gasteiger partial charge in [0.15, 0.2) is 0 Å². The SMILES string of the molecule is CCCC(=O)CCCCC[C@H](NC(=O)[C@H]1CC12CCNCC2)c1ncc(-c2ccc(F)cc2)[nH]1. The molecule has 4 rings (SSSR count). The highest BCUT2D eigenvalue weighted by atomic mass is 19.1. The molecule has 1 saturated carbocycles. The Kier molecular flexibility index (Phi) is 8.14. The number of aromatic nitrogens is 2. The van der Waals surface area contributed by atoms with Gasteiger partial charge in [0, 0.05) is 18.8 Å². The number of benzene rings is 1. The van der Waals surface area contributed by atoms with Crippen LogP contribution in [0.3, 0.4) is 0 Å². The van der Waals surface area contributed by atoms with Gasteiger partial charge in [0.2, 0.25) is 5.91 Å². The van der Waals surface area contributed by atoms with Gasteiger partial charge < -0.3 is 15.6 Å². The summed E-state index contributed by atoms with van der Waals surface area (Å²) in [5, 5.41) is 6.67. The van der Waals surface area contributed by atoms with Gasteiger partial charge in [-0.2, -0.15) is 0 Å². The number of amides is 1. The van der Waals surface area contributed by atoms with Crippen molar-refractivity contribution in [1.82, 2.24) is 20.6 Å². The number of imidazole rings is 1. The minimum atomic E-state index is -0.276. The normalized spacial score (nSPS) is 19.6. The Morgan fingerprint density at radius 3 is 2.65 bits per heavy atom. The minimum absolute atomic E-state index is 0.0929. The molecule has 2 aromatic rings. The van der Waals surface area contributed by atoms with Crippen LogP contribution in [0.2, 0.25) is 0 Å². The van der Waals surface area contributed by atoms with Crippen molar-refractivity contribution in [2.75, 3.05) is 13.1 Å². The average Bonchev–Trinajstić information content (AvgIpc) is 3.29. The topological polar surface area (TPSA) is 86.9 Å². The van der Waals surface area contributed by atoms with Crippen molar-refractivity contribution in [3.05, 3.63) is 42.1 Å². The van der Waals surface area contributed by atoms with Gasteiger partial charge in [-0.15, -0.1) is 0 Å². The number of hydrogen-bond donors (Lipinski definition) is 3. The first-order valence-electron chi connectivity index (χ1n) is 12.8. The zero-order valence-corrected chi connectivity index (χ0v) is 20.2. The molecule has 1 aliphatic heterocycles. The summed E-state index contributed by atoms with van der Waals surface area (Å²) in [5.41, 5.74) is 1.85. The maximum Gasteiger partial charge on any atom is 0.224 e. The van der Waals surface area contributed by atoms with Crippen LogP contribution in [0.15, 0.2) is 30.5 Å². The number of nitrogens with zero attached hydrogens (tertiary/aromatic N) is 1. The van der Waals surface area contributed by atoms with E-state index >= 15 is 0 Å². The third-order valence-corrected chi connectivity index (χ3v) is 7.48. The number of Topliss-reactive ketones (excluding diaryl/α,β-unsaturated/α-hetero) is 1. The van der Waals surface area contributed by atoms with E-state index < -0.39 is 0 Å². The van der Waals surface area contributed by atoms with Crippen molar-refractivity contribution in [2.24, 2.45) is 11.3 Å². The zero-order chi connectivity index (χ0) is 24.0. The lowest BCUT2D eigenvalue weighted by molar-refractivity contribution is -0.124. The van der Waals surface area contributed by atoms with Gasteiger partial charge in [-0.1, -0.05) is 19.8 Å². The fourth-order valence-electron chi connectivity index (χ4n) is 5.29. The molecule has 1 saturated heterocycles. The van der Waals surface area contributed by atoms with E-state index in [2.05, 4.69) is 20.6 Å². The largest absolute Gasteiger partial charge is 0.346 e. The second-order valence-electron chi connectivity index (χ2n) is 10.0. The molecule has 1 spiro atoms. The number of unbranched alkanes of at least 4 members (excludes halogenated alkanes) is 2. The lowest BCUT2D eigenvalue weighted by Crippen LogP contribution is -2.35. The first-order chi connectivity index (χ1) is 16.5. The van der Waals surface area contributed by atoms with Crippen LogP contribution in [0.1, 0.15) is 83.0 Å². The van der Waals surface area contributed by atoms with Crippen molar-refractivity contribution >= 4 is 11.7 Å². The summed E-state index contributed by atoms with van der Waals surface area (Å²) in [4.78, 5) is 32.9. The highest BCUT2D eigenvalue weighted by molar-refractivity contribution is 5.83. The van der Waals surface area contributed by atoms with E-state index in [4.69, 9.17) is 0 Å². The molecule has 0 bridgehead atoms. The summed E-state index contributed by atoms with van der Waals surface area (Å²) >= 11 is 0. The predicted molar refractivity (Wildman–Crippen MR) is 131 cm³/mol. The number of aromatic amines is 1. The molecule has 1 aliphatic carbocycles. The highest BCUT2D eigenvalue weighted by Gasteiger charge is 2.57. The molecular weight excluding hydrogens is 431 g/mol. The standard InChI is InChI=1S/C27H37FN4O2/c1-2-6-21(33)7-4-3-5-8-23(32-26(34)22-17-27(22)13-15-29-16-14-27)25-30-18-24(31-25)19-9-11-20(28)12-10-19/h9-12,18,22-23,29H,2-8,13-17H2,1H3,(H,30,31)(H,32,34)/t22-,23+/m1/s1. The number of rotatable bonds is 12. The van der Waals surface area contributed by atoms with Gasteiger partial charge in [0.25, 0.3) is 0 Å². The second kappa shape index (κ2) is 11.3. The Hall–Kier alpha value is -2.54. The number of nitrogens with one attached hydrogen (secondary N) is 3. The fraction of sp³-hybridized carbons (Fsp3) is 0.593. The molecule has 7 heteroatoms. The third-order valence-electron chi connectivity index (χ3n) is 7.48. The highest BCUT2D eigenvalue weighted by Crippen LogP contribution is 2.58. The van der Waals surface area contributed by atoms with E-state index in [1.807, 2.05) is 6.92 Å². The summed E-state index contributed by atoms with van der Waals surface area (Å²) in [6.45, 7) is 4.01. The maximum absolute atomic E-state index is 13.3. The van der Waals surface area contributed by atoms with Gasteiger partial charge >= 0.3 is 0 Å². The monoisotopic (exact) mass is 468 g/mol. The number of hydrogen-bond acceptors (Lipinski definition) is 4. The van der Waals surface area contributed by atoms with E-state index in [9.17, 15) is 14.0 Å². The summed E-state index contributed by atoms with van der Waals surface area (Å²) in [6.07, 6.45) is 10.6. The Labute approximate surface area is 201 Å². The zero-order valence-electron chi connectivity index (χ0n) is 20.2. The fourth-order valence-corrected chi connectivity index (χ4v) is 5.29. The molecular formula is C27H37FN4O2. The Bertz CT molecular complexity index is 965. The third kappa shape index (κ3) is 6.12. The molecule has 1 aromatic carbocycles.